The van der Waals surface area contributed by atoms with E-state index in [0.29, 0.717) is 24.2 Å². The number of hydrogen-bond donors (Lipinski definition) is 1. The number of benzene rings is 1. The lowest BCUT2D eigenvalue weighted by atomic mass is 10.1. The Labute approximate surface area is 121 Å². The maximum absolute atomic E-state index is 12.4. The zero-order valence-corrected chi connectivity index (χ0v) is 11.6. The van der Waals surface area contributed by atoms with Crippen molar-refractivity contribution in [2.24, 2.45) is 0 Å². The highest BCUT2D eigenvalue weighted by atomic mass is 16.4. The summed E-state index contributed by atoms with van der Waals surface area (Å²) in [5.41, 5.74) is 1.13. The van der Waals surface area contributed by atoms with Gasteiger partial charge in [-0.2, -0.15) is 5.10 Å². The summed E-state index contributed by atoms with van der Waals surface area (Å²) in [6.45, 7) is 1.99. The van der Waals surface area contributed by atoms with Crippen LogP contribution in [0.25, 0.3) is 5.69 Å². The van der Waals surface area contributed by atoms with Gasteiger partial charge in [0.05, 0.1) is 5.69 Å². The Hall–Kier alpha value is -2.70. The smallest absolute Gasteiger partial charge is 0.323 e. The van der Waals surface area contributed by atoms with E-state index in [9.17, 15) is 9.59 Å². The first kappa shape index (κ1) is 14.7. The molecule has 21 heavy (non-hydrogen) atoms. The highest BCUT2D eigenvalue weighted by Gasteiger charge is 2.18. The number of carbonyl (C=O) groups excluding carboxylic acids is 1. The first-order valence-corrected chi connectivity index (χ1v) is 6.58. The third-order valence-corrected chi connectivity index (χ3v) is 2.88. The van der Waals surface area contributed by atoms with Crippen LogP contribution in [0.2, 0.25) is 0 Å². The normalized spacial score (nSPS) is 10.3. The lowest BCUT2D eigenvalue weighted by Crippen LogP contribution is -2.36. The second-order valence-corrected chi connectivity index (χ2v) is 4.51. The summed E-state index contributed by atoms with van der Waals surface area (Å²) in [5, 5.41) is 12.9. The van der Waals surface area contributed by atoms with Crippen LogP contribution >= 0.6 is 0 Å². The molecule has 0 atom stereocenters. The van der Waals surface area contributed by atoms with Crippen molar-refractivity contribution in [3.63, 3.8) is 0 Å². The van der Waals surface area contributed by atoms with E-state index in [-0.39, 0.29) is 12.5 Å². The highest BCUT2D eigenvalue weighted by molar-refractivity contribution is 5.96. The zero-order valence-electron chi connectivity index (χ0n) is 11.6. The second kappa shape index (κ2) is 6.65. The van der Waals surface area contributed by atoms with Crippen LogP contribution in [0.1, 0.15) is 23.7 Å². The van der Waals surface area contributed by atoms with Crippen LogP contribution in [0.3, 0.4) is 0 Å². The SMILES string of the molecule is CCCN(CC(=O)O)C(=O)c1cccc(-n2cncn2)c1. The van der Waals surface area contributed by atoms with Crippen molar-refractivity contribution < 1.29 is 14.7 Å². The summed E-state index contributed by atoms with van der Waals surface area (Å²) >= 11 is 0. The Balaban J connectivity index is 2.25. The molecule has 1 N–H and O–H groups in total. The van der Waals surface area contributed by atoms with Gasteiger partial charge in [-0.1, -0.05) is 13.0 Å². The van der Waals surface area contributed by atoms with Gasteiger partial charge < -0.3 is 10.0 Å². The third-order valence-electron chi connectivity index (χ3n) is 2.88. The van der Waals surface area contributed by atoms with Crippen molar-refractivity contribution in [1.82, 2.24) is 19.7 Å². The van der Waals surface area contributed by atoms with Crippen LogP contribution in [0.5, 0.6) is 0 Å². The largest absolute Gasteiger partial charge is 0.480 e. The number of carboxylic acids is 1. The van der Waals surface area contributed by atoms with Crippen molar-refractivity contribution in [3.8, 4) is 5.69 Å². The number of amides is 1. The maximum Gasteiger partial charge on any atom is 0.323 e. The lowest BCUT2D eigenvalue weighted by Gasteiger charge is -2.20. The van der Waals surface area contributed by atoms with E-state index in [1.54, 1.807) is 24.3 Å². The number of carboxylic acid groups (broad SMARTS) is 1. The minimum absolute atomic E-state index is 0.304. The Morgan fingerprint density at radius 1 is 1.38 bits per heavy atom. The van der Waals surface area contributed by atoms with E-state index in [1.807, 2.05) is 6.92 Å². The standard InChI is InChI=1S/C14H16N4O3/c1-2-6-17(8-13(19)20)14(21)11-4-3-5-12(7-11)18-10-15-9-16-18/h3-5,7,9-10H,2,6,8H2,1H3,(H,19,20). The molecule has 0 radical (unpaired) electrons. The van der Waals surface area contributed by atoms with E-state index in [4.69, 9.17) is 5.11 Å². The van der Waals surface area contributed by atoms with Crippen LogP contribution in [0.15, 0.2) is 36.9 Å². The van der Waals surface area contributed by atoms with E-state index in [0.717, 1.165) is 0 Å². The summed E-state index contributed by atoms with van der Waals surface area (Å²) in [4.78, 5) is 28.4. The predicted molar refractivity (Wildman–Crippen MR) is 75.2 cm³/mol. The molecule has 7 heteroatoms. The lowest BCUT2D eigenvalue weighted by molar-refractivity contribution is -0.137. The van der Waals surface area contributed by atoms with Crippen molar-refractivity contribution in [3.05, 3.63) is 42.5 Å². The molecule has 0 fully saturated rings. The molecule has 1 aromatic carbocycles. The van der Waals surface area contributed by atoms with E-state index >= 15 is 0 Å². The molecular weight excluding hydrogens is 272 g/mol. The average Bonchev–Trinajstić information content (AvgIpc) is 3.00. The minimum Gasteiger partial charge on any atom is -0.480 e. The molecule has 0 unspecified atom stereocenters. The Morgan fingerprint density at radius 3 is 2.81 bits per heavy atom. The van der Waals surface area contributed by atoms with E-state index in [2.05, 4.69) is 10.1 Å². The number of nitrogens with zero attached hydrogens (tertiary/aromatic N) is 4. The van der Waals surface area contributed by atoms with Gasteiger partial charge in [-0.05, 0) is 24.6 Å². The summed E-state index contributed by atoms with van der Waals surface area (Å²) in [5.74, 6) is -1.33. The number of rotatable bonds is 6. The van der Waals surface area contributed by atoms with Crippen LogP contribution < -0.4 is 0 Å². The molecule has 110 valence electrons. The Morgan fingerprint density at radius 2 is 2.19 bits per heavy atom. The number of aromatic nitrogens is 3. The van der Waals surface area contributed by atoms with Gasteiger partial charge in [-0.25, -0.2) is 9.67 Å². The second-order valence-electron chi connectivity index (χ2n) is 4.51. The Kier molecular flexibility index (Phi) is 4.65. The molecular formula is C14H16N4O3. The summed E-state index contributed by atoms with van der Waals surface area (Å²) < 4.78 is 1.54. The Bertz CT molecular complexity index is 625. The van der Waals surface area contributed by atoms with Crippen LogP contribution in [-0.4, -0.2) is 49.7 Å². The monoisotopic (exact) mass is 288 g/mol. The average molecular weight is 288 g/mol. The molecule has 0 aliphatic carbocycles. The van der Waals surface area contributed by atoms with E-state index < -0.39 is 5.97 Å². The summed E-state index contributed by atoms with van der Waals surface area (Å²) in [6, 6.07) is 6.86. The summed E-state index contributed by atoms with van der Waals surface area (Å²) in [6.07, 6.45) is 3.63. The number of carbonyl (C=O) groups is 2. The molecule has 2 aromatic rings. The number of aliphatic carboxylic acids is 1. The van der Waals surface area contributed by atoms with Crippen molar-refractivity contribution >= 4 is 11.9 Å². The van der Waals surface area contributed by atoms with Gasteiger partial charge in [-0.3, -0.25) is 9.59 Å². The van der Waals surface area contributed by atoms with Gasteiger partial charge in [0.15, 0.2) is 0 Å². The molecule has 0 saturated heterocycles. The summed E-state index contributed by atoms with van der Waals surface area (Å²) in [7, 11) is 0. The van der Waals surface area contributed by atoms with Gasteiger partial charge in [0.2, 0.25) is 0 Å². The van der Waals surface area contributed by atoms with Crippen LogP contribution in [0, 0.1) is 0 Å². The van der Waals surface area contributed by atoms with E-state index in [1.165, 1.54) is 22.2 Å². The molecule has 0 spiro atoms. The molecule has 1 heterocycles. The number of hydrogen-bond acceptors (Lipinski definition) is 4. The zero-order chi connectivity index (χ0) is 15.2. The molecule has 0 bridgehead atoms. The van der Waals surface area contributed by atoms with Crippen LogP contribution in [0.4, 0.5) is 0 Å². The van der Waals surface area contributed by atoms with Crippen LogP contribution in [-0.2, 0) is 4.79 Å². The molecule has 1 aromatic heterocycles. The molecule has 0 aliphatic heterocycles. The van der Waals surface area contributed by atoms with Gasteiger partial charge in [0, 0.05) is 12.1 Å². The molecule has 7 nitrogen and oxygen atoms in total. The molecule has 1 amide bonds. The highest BCUT2D eigenvalue weighted by Crippen LogP contribution is 2.12. The minimum atomic E-state index is -1.02. The van der Waals surface area contributed by atoms with Gasteiger partial charge >= 0.3 is 5.97 Å². The fraction of sp³-hybridized carbons (Fsp3) is 0.286. The molecule has 0 saturated carbocycles. The van der Waals surface area contributed by atoms with Crippen molar-refractivity contribution in [2.75, 3.05) is 13.1 Å². The topological polar surface area (TPSA) is 88.3 Å². The first-order chi connectivity index (χ1) is 10.1. The fourth-order valence-electron chi connectivity index (χ4n) is 1.99. The maximum atomic E-state index is 12.4. The third kappa shape index (κ3) is 3.65. The van der Waals surface area contributed by atoms with Crippen molar-refractivity contribution in [1.29, 1.82) is 0 Å². The quantitative estimate of drug-likeness (QED) is 0.863. The fourth-order valence-corrected chi connectivity index (χ4v) is 1.99. The first-order valence-electron chi connectivity index (χ1n) is 6.58. The molecule has 2 rings (SSSR count). The van der Waals surface area contributed by atoms with Crippen molar-refractivity contribution in [2.45, 2.75) is 13.3 Å². The predicted octanol–water partition coefficient (Wildman–Crippen LogP) is 1.20. The van der Waals surface area contributed by atoms with Gasteiger partial charge in [0.1, 0.15) is 19.2 Å². The van der Waals surface area contributed by atoms with Gasteiger partial charge in [-0.15, -0.1) is 0 Å². The molecule has 0 aliphatic rings. The van der Waals surface area contributed by atoms with Gasteiger partial charge in [0.25, 0.3) is 5.91 Å².